The monoisotopic (exact) mass is 1290 g/mol. The van der Waals surface area contributed by atoms with Crippen molar-refractivity contribution in [2.45, 2.75) is 27.7 Å². The van der Waals surface area contributed by atoms with Gasteiger partial charge in [-0.2, -0.15) is 0 Å². The van der Waals surface area contributed by atoms with Crippen LogP contribution in [0.4, 0.5) is 34.1 Å². The summed E-state index contributed by atoms with van der Waals surface area (Å²) in [6.07, 6.45) is 0. The summed E-state index contributed by atoms with van der Waals surface area (Å²) in [7, 11) is -6.11. The van der Waals surface area contributed by atoms with Crippen LogP contribution in [-0.2, 0) is 0 Å². The van der Waals surface area contributed by atoms with Gasteiger partial charge in [0.05, 0.1) is 0 Å². The predicted octanol–water partition coefficient (Wildman–Crippen LogP) is 19.6. The normalized spacial score (nSPS) is 13.8. The van der Waals surface area contributed by atoms with Crippen molar-refractivity contribution in [3.63, 3.8) is 0 Å². The van der Waals surface area contributed by atoms with Gasteiger partial charge in [-0.15, -0.1) is 22.7 Å². The van der Waals surface area contributed by atoms with E-state index in [-0.39, 0.29) is 0 Å². The van der Waals surface area contributed by atoms with Crippen molar-refractivity contribution in [3.8, 4) is 22.3 Å². The van der Waals surface area contributed by atoms with Crippen LogP contribution in [0.3, 0.4) is 0 Å². The highest BCUT2D eigenvalue weighted by Crippen LogP contribution is 2.51. The highest BCUT2D eigenvalue weighted by molar-refractivity contribution is 7.27. The van der Waals surface area contributed by atoms with Gasteiger partial charge in [-0.1, -0.05) is 277 Å². The molecule has 0 atom stereocenters. The van der Waals surface area contributed by atoms with Crippen molar-refractivity contribution >= 4 is 176 Å². The first-order valence-electron chi connectivity index (χ1n) is 33.4. The molecule has 0 bridgehead atoms. The number of para-hydroxylation sites is 2. The third-order valence-electron chi connectivity index (χ3n) is 21.0. The standard InChI is InChI=1S/C90H64N2S2Si2/c1-57-31-41-65(42-32-57)95(66-43-33-58(2)34-44-66)85-29-17-13-25-77(85)91(79-55-83-73(53-87(79)95)69-23-11-15-27-81(69)93-83)63-39-49-71-75(51-63)89(61-19-7-5-8-20-61)72-50-40-64(52-76(72)90(71)62-21-9-6-10-22-62)92-78-26-14-18-30-86(78)96(67-45-35-59(3)36-46-67,68-47-37-60(4)38-48-68)88-54-74-70-24-12-16-28-82(70)94-84(74)56-80(88)92/h5-56H,1-4H3. The van der Waals surface area contributed by atoms with E-state index in [9.17, 15) is 0 Å². The van der Waals surface area contributed by atoms with Gasteiger partial charge in [-0.3, -0.25) is 0 Å². The lowest BCUT2D eigenvalue weighted by molar-refractivity contribution is 1.30. The number of anilines is 6. The van der Waals surface area contributed by atoms with Crippen LogP contribution in [0.5, 0.6) is 0 Å². The number of rotatable bonds is 8. The quantitative estimate of drug-likeness (QED) is 0.111. The molecule has 0 amide bonds. The van der Waals surface area contributed by atoms with Crippen LogP contribution in [0.1, 0.15) is 22.3 Å². The smallest absolute Gasteiger partial charge is 0.184 e. The number of thiophene rings is 2. The number of aryl methyl sites for hydroxylation is 4. The van der Waals surface area contributed by atoms with Gasteiger partial charge in [-0.25, -0.2) is 0 Å². The highest BCUT2D eigenvalue weighted by Gasteiger charge is 2.51. The van der Waals surface area contributed by atoms with Crippen LogP contribution < -0.4 is 51.3 Å². The number of hydrogen-bond donors (Lipinski definition) is 0. The first kappa shape index (κ1) is 56.8. The number of benzene rings is 15. The molecule has 454 valence electrons. The Morgan fingerprint density at radius 1 is 0.229 bits per heavy atom. The Labute approximate surface area is 569 Å². The summed E-state index contributed by atoms with van der Waals surface area (Å²) in [6.45, 7) is 8.85. The maximum atomic E-state index is 2.63. The molecule has 0 unspecified atom stereocenters. The van der Waals surface area contributed by atoms with Gasteiger partial charge in [0.2, 0.25) is 0 Å². The Morgan fingerprint density at radius 3 is 0.938 bits per heavy atom. The molecular formula is C90H64N2S2Si2. The van der Waals surface area contributed by atoms with E-state index >= 15 is 0 Å². The molecule has 4 heterocycles. The Balaban J connectivity index is 0.891. The van der Waals surface area contributed by atoms with Crippen molar-refractivity contribution in [1.82, 2.24) is 0 Å². The lowest BCUT2D eigenvalue weighted by Gasteiger charge is -2.45. The fourth-order valence-electron chi connectivity index (χ4n) is 16.7. The molecule has 2 nitrogen and oxygen atoms in total. The number of hydrogen-bond acceptors (Lipinski definition) is 4. The molecule has 0 saturated heterocycles. The zero-order valence-corrected chi connectivity index (χ0v) is 57.4. The van der Waals surface area contributed by atoms with E-state index in [1.807, 2.05) is 22.7 Å². The Bertz CT molecular complexity index is 5530. The fraction of sp³-hybridized carbons (Fsp3) is 0.0444. The van der Waals surface area contributed by atoms with Crippen molar-refractivity contribution in [2.24, 2.45) is 0 Å². The van der Waals surface area contributed by atoms with Crippen molar-refractivity contribution in [2.75, 3.05) is 9.80 Å². The van der Waals surface area contributed by atoms with Crippen LogP contribution in [0, 0.1) is 27.7 Å². The zero-order valence-electron chi connectivity index (χ0n) is 53.7. The molecule has 2 aromatic heterocycles. The van der Waals surface area contributed by atoms with Gasteiger partial charge >= 0.3 is 0 Å². The third kappa shape index (κ3) is 8.39. The molecule has 15 aromatic carbocycles. The Kier molecular flexibility index (Phi) is 13.0. The van der Waals surface area contributed by atoms with Crippen LogP contribution >= 0.6 is 22.7 Å². The van der Waals surface area contributed by atoms with E-state index in [0.29, 0.717) is 0 Å². The zero-order chi connectivity index (χ0) is 64.0. The molecule has 0 aliphatic carbocycles. The van der Waals surface area contributed by atoms with Crippen LogP contribution in [0.25, 0.3) is 84.1 Å². The summed E-state index contributed by atoms with van der Waals surface area (Å²) >= 11 is 3.81. The average molecular weight is 1290 g/mol. The highest BCUT2D eigenvalue weighted by atomic mass is 32.1. The Morgan fingerprint density at radius 2 is 0.562 bits per heavy atom. The van der Waals surface area contributed by atoms with Crippen LogP contribution in [0.15, 0.2) is 315 Å². The topological polar surface area (TPSA) is 6.48 Å². The van der Waals surface area contributed by atoms with Gasteiger partial charge < -0.3 is 9.80 Å². The van der Waals surface area contributed by atoms with Crippen molar-refractivity contribution in [1.29, 1.82) is 0 Å². The second kappa shape index (κ2) is 21.9. The number of nitrogens with zero attached hydrogens (tertiary/aromatic N) is 2. The summed E-state index contributed by atoms with van der Waals surface area (Å²) < 4.78 is 5.19. The molecule has 0 saturated carbocycles. The largest absolute Gasteiger partial charge is 0.311 e. The Hall–Kier alpha value is -10.7. The lowest BCUT2D eigenvalue weighted by Crippen LogP contribution is -2.77. The molecule has 2 aliphatic heterocycles. The second-order valence-corrected chi connectivity index (χ2v) is 36.2. The van der Waals surface area contributed by atoms with Crippen LogP contribution in [0.2, 0.25) is 0 Å². The van der Waals surface area contributed by atoms with Crippen LogP contribution in [-0.4, -0.2) is 16.1 Å². The molecule has 0 N–H and O–H groups in total. The predicted molar refractivity (Wildman–Crippen MR) is 421 cm³/mol. The summed E-state index contributed by atoms with van der Waals surface area (Å²) in [5.74, 6) is 0. The summed E-state index contributed by atoms with van der Waals surface area (Å²) in [4.78, 5) is 5.25. The van der Waals surface area contributed by atoms with Gasteiger partial charge in [0.15, 0.2) is 16.1 Å². The third-order valence-corrected chi connectivity index (χ3v) is 33.0. The summed E-state index contributed by atoms with van der Waals surface area (Å²) in [5, 5.41) is 21.2. The molecule has 19 rings (SSSR count). The minimum Gasteiger partial charge on any atom is -0.311 e. The summed E-state index contributed by atoms with van der Waals surface area (Å²) in [6, 6.07) is 123. The molecule has 96 heavy (non-hydrogen) atoms. The van der Waals surface area contributed by atoms with Gasteiger partial charge in [-0.05, 0) is 174 Å². The van der Waals surface area contributed by atoms with Gasteiger partial charge in [0.1, 0.15) is 0 Å². The van der Waals surface area contributed by atoms with E-state index in [1.165, 1.54) is 171 Å². The molecule has 2 aliphatic rings. The molecule has 6 heteroatoms. The van der Waals surface area contributed by atoms with E-state index in [1.54, 1.807) is 0 Å². The van der Waals surface area contributed by atoms with E-state index < -0.39 is 16.1 Å². The van der Waals surface area contributed by atoms with E-state index in [4.69, 9.17) is 0 Å². The average Bonchev–Trinajstić information content (AvgIpc) is 0.960. The van der Waals surface area contributed by atoms with Crippen molar-refractivity contribution in [3.05, 3.63) is 338 Å². The molecule has 0 spiro atoms. The molecular weight excluding hydrogens is 1230 g/mol. The minimum absolute atomic E-state index is 1.13. The lowest BCUT2D eigenvalue weighted by atomic mass is 9.85. The summed E-state index contributed by atoms with van der Waals surface area (Å²) in [5.41, 5.74) is 17.0. The van der Waals surface area contributed by atoms with Gasteiger partial charge in [0.25, 0.3) is 0 Å². The van der Waals surface area contributed by atoms with Gasteiger partial charge in [0, 0.05) is 74.5 Å². The van der Waals surface area contributed by atoms with E-state index in [2.05, 4.69) is 353 Å². The molecule has 0 radical (unpaired) electrons. The maximum Gasteiger partial charge on any atom is 0.184 e. The minimum atomic E-state index is -3.05. The molecule has 17 aromatic rings. The number of fused-ring (bicyclic) bond motifs is 12. The molecule has 0 fully saturated rings. The first-order chi connectivity index (χ1) is 47.2. The fourth-order valence-corrected chi connectivity index (χ4v) is 29.0. The SMILES string of the molecule is Cc1ccc([Si]2(c3ccc(C)cc3)c3ccccc3N(c3ccc4c(-c5ccccc5)c5cc(N6c7ccccc7[Si](c7ccc(C)cc7)(c7ccc(C)cc7)c7cc8c(cc76)sc6ccccc68)ccc5c(-c5ccccc5)c4c3)c3cc4sc5ccccc5c4cc32)cc1. The van der Waals surface area contributed by atoms with Crippen molar-refractivity contribution < 1.29 is 0 Å². The second-order valence-electron chi connectivity index (χ2n) is 26.5. The van der Waals surface area contributed by atoms with E-state index in [0.717, 1.165) is 11.4 Å². The maximum absolute atomic E-state index is 3.05. The first-order valence-corrected chi connectivity index (χ1v) is 39.0.